The van der Waals surface area contributed by atoms with E-state index in [4.69, 9.17) is 11.6 Å². The fraction of sp³-hybridized carbons (Fsp3) is 1.00. The molecule has 0 aliphatic carbocycles. The fourth-order valence-corrected chi connectivity index (χ4v) is 1.32. The minimum atomic E-state index is -4.12. The first-order chi connectivity index (χ1) is 6.35. The fourth-order valence-electron chi connectivity index (χ4n) is 1.08. The van der Waals surface area contributed by atoms with Crippen molar-refractivity contribution in [1.29, 1.82) is 0 Å². The maximum absolute atomic E-state index is 12.1. The molecular weight excluding hydrogens is 215 g/mol. The maximum Gasteiger partial charge on any atom is 0.401 e. The number of hydrogen-bond donors (Lipinski definition) is 0. The summed E-state index contributed by atoms with van der Waals surface area (Å²) >= 11 is 5.43. The van der Waals surface area contributed by atoms with Gasteiger partial charge in [-0.3, -0.25) is 4.90 Å². The van der Waals surface area contributed by atoms with Gasteiger partial charge in [-0.15, -0.1) is 11.6 Å². The Hall–Kier alpha value is 0.0400. The summed E-state index contributed by atoms with van der Waals surface area (Å²) in [7, 11) is 0. The van der Waals surface area contributed by atoms with Crippen LogP contribution in [-0.4, -0.2) is 36.6 Å². The molecule has 0 aromatic rings. The average Bonchev–Trinajstić information content (AvgIpc) is 1.98. The van der Waals surface area contributed by atoms with Crippen LogP contribution in [0.5, 0.6) is 0 Å². The first-order valence-electron chi connectivity index (χ1n) is 4.70. The maximum atomic E-state index is 12.1. The van der Waals surface area contributed by atoms with Crippen molar-refractivity contribution in [3.8, 4) is 0 Å². The molecule has 0 aliphatic rings. The van der Waals surface area contributed by atoms with Crippen LogP contribution in [0.25, 0.3) is 0 Å². The van der Waals surface area contributed by atoms with Crippen LogP contribution >= 0.6 is 11.6 Å². The van der Waals surface area contributed by atoms with Gasteiger partial charge in [0.2, 0.25) is 0 Å². The molecule has 0 aromatic heterocycles. The van der Waals surface area contributed by atoms with Crippen molar-refractivity contribution < 1.29 is 13.2 Å². The molecule has 0 saturated heterocycles. The van der Waals surface area contributed by atoms with E-state index in [9.17, 15) is 13.2 Å². The average molecular weight is 232 g/mol. The SMILES string of the molecule is CC(C)CCN(CCCl)CC(F)(F)F. The molecule has 0 heterocycles. The van der Waals surface area contributed by atoms with Gasteiger partial charge in [-0.2, -0.15) is 13.2 Å². The van der Waals surface area contributed by atoms with Crippen LogP contribution in [0.1, 0.15) is 20.3 Å². The molecule has 0 unspecified atom stereocenters. The van der Waals surface area contributed by atoms with Gasteiger partial charge in [0.15, 0.2) is 0 Å². The molecule has 86 valence electrons. The third-order valence-electron chi connectivity index (χ3n) is 1.83. The molecule has 0 N–H and O–H groups in total. The molecule has 0 radical (unpaired) electrons. The second kappa shape index (κ2) is 6.51. The molecule has 5 heteroatoms. The summed E-state index contributed by atoms with van der Waals surface area (Å²) in [6, 6.07) is 0. The summed E-state index contributed by atoms with van der Waals surface area (Å²) in [5.74, 6) is 0.662. The van der Waals surface area contributed by atoms with Gasteiger partial charge in [0, 0.05) is 12.4 Å². The summed E-state index contributed by atoms with van der Waals surface area (Å²) in [5, 5.41) is 0. The van der Waals surface area contributed by atoms with E-state index in [1.165, 1.54) is 4.90 Å². The minimum Gasteiger partial charge on any atom is -0.294 e. The standard InChI is InChI=1S/C9H17ClF3N/c1-8(2)3-5-14(6-4-10)7-9(11,12)13/h8H,3-7H2,1-2H3. The van der Waals surface area contributed by atoms with Crippen molar-refractivity contribution in [2.45, 2.75) is 26.4 Å². The zero-order valence-electron chi connectivity index (χ0n) is 8.57. The van der Waals surface area contributed by atoms with Crippen LogP contribution in [-0.2, 0) is 0 Å². The van der Waals surface area contributed by atoms with E-state index < -0.39 is 12.7 Å². The van der Waals surface area contributed by atoms with Crippen molar-refractivity contribution in [3.63, 3.8) is 0 Å². The van der Waals surface area contributed by atoms with Crippen molar-refractivity contribution >= 4 is 11.6 Å². The molecule has 0 saturated carbocycles. The molecule has 1 nitrogen and oxygen atoms in total. The Balaban J connectivity index is 3.89. The molecule has 0 amide bonds. The summed E-state index contributed by atoms with van der Waals surface area (Å²) in [6.45, 7) is 3.89. The van der Waals surface area contributed by atoms with Crippen LogP contribution < -0.4 is 0 Å². The third-order valence-corrected chi connectivity index (χ3v) is 2.00. The van der Waals surface area contributed by atoms with Crippen LogP contribution in [0.15, 0.2) is 0 Å². The van der Waals surface area contributed by atoms with Crippen molar-refractivity contribution in [2.75, 3.05) is 25.5 Å². The monoisotopic (exact) mass is 231 g/mol. The Labute approximate surface area is 88.2 Å². The van der Waals surface area contributed by atoms with E-state index in [1.54, 1.807) is 0 Å². The summed E-state index contributed by atoms with van der Waals surface area (Å²) < 4.78 is 36.2. The number of alkyl halides is 4. The lowest BCUT2D eigenvalue weighted by atomic mass is 10.1. The van der Waals surface area contributed by atoms with Gasteiger partial charge in [-0.05, 0) is 18.9 Å². The van der Waals surface area contributed by atoms with Gasteiger partial charge in [0.05, 0.1) is 6.54 Å². The van der Waals surface area contributed by atoms with Gasteiger partial charge < -0.3 is 0 Å². The molecule has 0 rings (SSSR count). The number of rotatable bonds is 6. The van der Waals surface area contributed by atoms with Crippen LogP contribution in [0.4, 0.5) is 13.2 Å². The molecule has 0 aromatic carbocycles. The van der Waals surface area contributed by atoms with Crippen molar-refractivity contribution in [2.24, 2.45) is 5.92 Å². The first-order valence-corrected chi connectivity index (χ1v) is 5.23. The zero-order valence-corrected chi connectivity index (χ0v) is 9.33. The Morgan fingerprint density at radius 2 is 1.79 bits per heavy atom. The highest BCUT2D eigenvalue weighted by Crippen LogP contribution is 2.17. The lowest BCUT2D eigenvalue weighted by Crippen LogP contribution is -2.36. The minimum absolute atomic E-state index is 0.244. The molecule has 14 heavy (non-hydrogen) atoms. The van der Waals surface area contributed by atoms with Crippen molar-refractivity contribution in [3.05, 3.63) is 0 Å². The van der Waals surface area contributed by atoms with E-state index in [0.717, 1.165) is 6.42 Å². The number of halogens is 4. The van der Waals surface area contributed by atoms with Gasteiger partial charge in [-0.25, -0.2) is 0 Å². The molecule has 0 atom stereocenters. The zero-order chi connectivity index (χ0) is 11.2. The molecule has 0 fully saturated rings. The highest BCUT2D eigenvalue weighted by molar-refractivity contribution is 6.18. The number of nitrogens with zero attached hydrogens (tertiary/aromatic N) is 1. The highest BCUT2D eigenvalue weighted by Gasteiger charge is 2.30. The number of hydrogen-bond acceptors (Lipinski definition) is 1. The van der Waals surface area contributed by atoms with Crippen LogP contribution in [0.3, 0.4) is 0 Å². The Morgan fingerprint density at radius 1 is 1.21 bits per heavy atom. The third kappa shape index (κ3) is 8.63. The molecule has 0 bridgehead atoms. The lowest BCUT2D eigenvalue weighted by molar-refractivity contribution is -0.145. The van der Waals surface area contributed by atoms with Gasteiger partial charge in [-0.1, -0.05) is 13.8 Å². The predicted molar refractivity (Wildman–Crippen MR) is 52.7 cm³/mol. The predicted octanol–water partition coefficient (Wildman–Crippen LogP) is 3.14. The van der Waals surface area contributed by atoms with Crippen molar-refractivity contribution in [1.82, 2.24) is 4.90 Å². The smallest absolute Gasteiger partial charge is 0.294 e. The summed E-state index contributed by atoms with van der Waals surface area (Å²) in [5.41, 5.74) is 0. The largest absolute Gasteiger partial charge is 0.401 e. The lowest BCUT2D eigenvalue weighted by Gasteiger charge is -2.23. The second-order valence-electron chi connectivity index (χ2n) is 3.76. The topological polar surface area (TPSA) is 3.24 Å². The Morgan fingerprint density at radius 3 is 2.14 bits per heavy atom. The van der Waals surface area contributed by atoms with E-state index >= 15 is 0 Å². The summed E-state index contributed by atoms with van der Waals surface area (Å²) in [6.07, 6.45) is -3.35. The van der Waals surface area contributed by atoms with Gasteiger partial charge in [0.25, 0.3) is 0 Å². The van der Waals surface area contributed by atoms with E-state index in [0.29, 0.717) is 19.0 Å². The normalized spacial score (nSPS) is 12.9. The van der Waals surface area contributed by atoms with E-state index in [1.807, 2.05) is 13.8 Å². The molecule has 0 aliphatic heterocycles. The van der Waals surface area contributed by atoms with E-state index in [-0.39, 0.29) is 5.88 Å². The Bertz CT molecular complexity index is 147. The van der Waals surface area contributed by atoms with Gasteiger partial charge >= 0.3 is 6.18 Å². The summed E-state index contributed by atoms with van der Waals surface area (Å²) in [4.78, 5) is 1.35. The first kappa shape index (κ1) is 14.0. The highest BCUT2D eigenvalue weighted by atomic mass is 35.5. The molecule has 0 spiro atoms. The second-order valence-corrected chi connectivity index (χ2v) is 4.14. The van der Waals surface area contributed by atoms with Crippen LogP contribution in [0, 0.1) is 5.92 Å². The van der Waals surface area contributed by atoms with Gasteiger partial charge in [0.1, 0.15) is 0 Å². The Kier molecular flexibility index (Phi) is 6.53. The quantitative estimate of drug-likeness (QED) is 0.635. The molecular formula is C9H17ClF3N. The van der Waals surface area contributed by atoms with E-state index in [2.05, 4.69) is 0 Å². The van der Waals surface area contributed by atoms with Crippen LogP contribution in [0.2, 0.25) is 0 Å².